The average molecular weight is 338 g/mol. The van der Waals surface area contributed by atoms with Gasteiger partial charge in [0.15, 0.2) is 0 Å². The van der Waals surface area contributed by atoms with Crippen molar-refractivity contribution in [2.24, 2.45) is 0 Å². The molecule has 0 radical (unpaired) electrons. The van der Waals surface area contributed by atoms with Crippen LogP contribution in [0.15, 0.2) is 54.1 Å². The highest BCUT2D eigenvalue weighted by Crippen LogP contribution is 2.24. The Bertz CT molecular complexity index is 876. The van der Waals surface area contributed by atoms with Crippen molar-refractivity contribution in [3.8, 4) is 23.7 Å². The molecule has 0 amide bonds. The molecule has 0 aromatic heterocycles. The second-order valence-electron chi connectivity index (χ2n) is 6.81. The second-order valence-corrected chi connectivity index (χ2v) is 6.81. The van der Waals surface area contributed by atoms with Gasteiger partial charge in [0.1, 0.15) is 0 Å². The highest BCUT2D eigenvalue weighted by Gasteiger charge is 2.09. The van der Waals surface area contributed by atoms with Gasteiger partial charge < -0.3 is 0 Å². The molecule has 3 rings (SSSR count). The normalized spacial score (nSPS) is 12.1. The SMILES string of the molecule is CCCCCCC#CC1=Cc2ccc(C#Cc3ccccc3)cc2CC1. The Balaban J connectivity index is 1.65. The van der Waals surface area contributed by atoms with Gasteiger partial charge in [0, 0.05) is 23.1 Å². The van der Waals surface area contributed by atoms with Gasteiger partial charge in [-0.1, -0.05) is 74.1 Å². The van der Waals surface area contributed by atoms with E-state index in [0.29, 0.717) is 0 Å². The zero-order valence-corrected chi connectivity index (χ0v) is 15.6. The third kappa shape index (κ3) is 5.40. The molecule has 2 aromatic rings. The molecule has 0 bridgehead atoms. The quantitative estimate of drug-likeness (QED) is 0.447. The number of hydrogen-bond acceptors (Lipinski definition) is 0. The van der Waals surface area contributed by atoms with Crippen LogP contribution < -0.4 is 0 Å². The van der Waals surface area contributed by atoms with E-state index >= 15 is 0 Å². The van der Waals surface area contributed by atoms with Crippen molar-refractivity contribution in [1.29, 1.82) is 0 Å². The van der Waals surface area contributed by atoms with Crippen molar-refractivity contribution >= 4 is 6.08 Å². The van der Waals surface area contributed by atoms with Crippen LogP contribution in [-0.4, -0.2) is 0 Å². The molecule has 1 aliphatic carbocycles. The molecule has 1 aliphatic rings. The van der Waals surface area contributed by atoms with Crippen molar-refractivity contribution in [3.05, 3.63) is 76.4 Å². The smallest absolute Gasteiger partial charge is 0.0252 e. The van der Waals surface area contributed by atoms with E-state index < -0.39 is 0 Å². The first-order chi connectivity index (χ1) is 12.8. The van der Waals surface area contributed by atoms with Crippen LogP contribution in [0.5, 0.6) is 0 Å². The van der Waals surface area contributed by atoms with E-state index in [9.17, 15) is 0 Å². The summed E-state index contributed by atoms with van der Waals surface area (Å²) in [6.45, 7) is 2.24. The van der Waals surface area contributed by atoms with Crippen LogP contribution in [-0.2, 0) is 6.42 Å². The highest BCUT2D eigenvalue weighted by molar-refractivity contribution is 5.65. The van der Waals surface area contributed by atoms with Crippen molar-refractivity contribution in [2.75, 3.05) is 0 Å². The molecule has 0 heteroatoms. The second kappa shape index (κ2) is 9.70. The standard InChI is InChI=1S/C26H26/c1-2-3-4-5-6-8-13-23-16-18-26-21-24(17-19-25(26)20-23)15-14-22-11-9-7-10-12-22/h7,9-12,17,19-21H,2-6,16,18H2,1H3. The van der Waals surface area contributed by atoms with Crippen molar-refractivity contribution in [2.45, 2.75) is 51.9 Å². The summed E-state index contributed by atoms with van der Waals surface area (Å²) >= 11 is 0. The Kier molecular flexibility index (Phi) is 6.75. The van der Waals surface area contributed by atoms with Crippen molar-refractivity contribution in [1.82, 2.24) is 0 Å². The topological polar surface area (TPSA) is 0 Å². The predicted molar refractivity (Wildman–Crippen MR) is 112 cm³/mol. The van der Waals surface area contributed by atoms with E-state index in [1.807, 2.05) is 30.3 Å². The third-order valence-electron chi connectivity index (χ3n) is 4.67. The van der Waals surface area contributed by atoms with Crippen LogP contribution in [0.1, 0.15) is 67.7 Å². The minimum absolute atomic E-state index is 1.03. The van der Waals surface area contributed by atoms with Gasteiger partial charge in [0.25, 0.3) is 0 Å². The monoisotopic (exact) mass is 338 g/mol. The van der Waals surface area contributed by atoms with E-state index in [1.54, 1.807) is 0 Å². The fourth-order valence-corrected chi connectivity index (χ4v) is 3.15. The first-order valence-electron chi connectivity index (χ1n) is 9.74. The van der Waals surface area contributed by atoms with Crippen LogP contribution in [0.3, 0.4) is 0 Å². The van der Waals surface area contributed by atoms with Crippen LogP contribution in [0, 0.1) is 23.7 Å². The van der Waals surface area contributed by atoms with Gasteiger partial charge in [-0.2, -0.15) is 0 Å². The maximum atomic E-state index is 3.38. The number of benzene rings is 2. The van der Waals surface area contributed by atoms with Crippen LogP contribution >= 0.6 is 0 Å². The molecule has 0 spiro atoms. The first-order valence-corrected chi connectivity index (χ1v) is 9.74. The zero-order chi connectivity index (χ0) is 18.0. The molecule has 0 nitrogen and oxygen atoms in total. The van der Waals surface area contributed by atoms with E-state index in [-0.39, 0.29) is 0 Å². The van der Waals surface area contributed by atoms with E-state index in [0.717, 1.165) is 30.4 Å². The van der Waals surface area contributed by atoms with Crippen molar-refractivity contribution < 1.29 is 0 Å². The fraction of sp³-hybridized carbons (Fsp3) is 0.308. The Hall–Kier alpha value is -2.70. The fourth-order valence-electron chi connectivity index (χ4n) is 3.15. The number of rotatable bonds is 4. The summed E-state index contributed by atoms with van der Waals surface area (Å²) in [6, 6.07) is 16.7. The lowest BCUT2D eigenvalue weighted by molar-refractivity contribution is 0.679. The van der Waals surface area contributed by atoms with Gasteiger partial charge in [-0.3, -0.25) is 0 Å². The molecule has 0 atom stereocenters. The number of hydrogen-bond donors (Lipinski definition) is 0. The molecular formula is C26H26. The Morgan fingerprint density at radius 3 is 2.50 bits per heavy atom. The number of unbranched alkanes of at least 4 members (excludes halogenated alkanes) is 4. The maximum Gasteiger partial charge on any atom is 0.0252 e. The summed E-state index contributed by atoms with van der Waals surface area (Å²) in [5.74, 6) is 13.3. The molecule has 0 saturated heterocycles. The maximum absolute atomic E-state index is 3.38. The molecule has 0 fully saturated rings. The van der Waals surface area contributed by atoms with E-state index in [1.165, 1.54) is 42.4 Å². The summed E-state index contributed by atoms with van der Waals surface area (Å²) in [7, 11) is 0. The summed E-state index contributed by atoms with van der Waals surface area (Å²) in [5.41, 5.74) is 6.11. The summed E-state index contributed by atoms with van der Waals surface area (Å²) < 4.78 is 0. The number of fused-ring (bicyclic) bond motifs is 1. The third-order valence-corrected chi connectivity index (χ3v) is 4.67. The van der Waals surface area contributed by atoms with Gasteiger partial charge in [-0.05, 0) is 60.7 Å². The van der Waals surface area contributed by atoms with Crippen LogP contribution in [0.4, 0.5) is 0 Å². The lowest BCUT2D eigenvalue weighted by atomic mass is 9.91. The molecule has 0 unspecified atom stereocenters. The number of aryl methyl sites for hydroxylation is 1. The zero-order valence-electron chi connectivity index (χ0n) is 15.6. The van der Waals surface area contributed by atoms with Crippen molar-refractivity contribution in [3.63, 3.8) is 0 Å². The molecule has 0 aliphatic heterocycles. The summed E-state index contributed by atoms with van der Waals surface area (Å²) in [5, 5.41) is 0. The van der Waals surface area contributed by atoms with Gasteiger partial charge in [-0.25, -0.2) is 0 Å². The highest BCUT2D eigenvalue weighted by atomic mass is 14.1. The Morgan fingerprint density at radius 1 is 0.808 bits per heavy atom. The molecule has 130 valence electrons. The van der Waals surface area contributed by atoms with Crippen LogP contribution in [0.2, 0.25) is 0 Å². The predicted octanol–water partition coefficient (Wildman–Crippen LogP) is 6.39. The number of allylic oxidation sites excluding steroid dienone is 1. The summed E-state index contributed by atoms with van der Waals surface area (Å²) in [6.07, 6.45) is 10.5. The Morgan fingerprint density at radius 2 is 1.65 bits per heavy atom. The lowest BCUT2D eigenvalue weighted by Gasteiger charge is -2.13. The van der Waals surface area contributed by atoms with E-state index in [4.69, 9.17) is 0 Å². The van der Waals surface area contributed by atoms with Gasteiger partial charge in [-0.15, -0.1) is 0 Å². The van der Waals surface area contributed by atoms with Gasteiger partial charge >= 0.3 is 0 Å². The van der Waals surface area contributed by atoms with Crippen LogP contribution in [0.25, 0.3) is 6.08 Å². The molecule has 0 saturated carbocycles. The largest absolute Gasteiger partial charge is 0.0982 e. The first kappa shape index (κ1) is 18.1. The minimum Gasteiger partial charge on any atom is -0.0982 e. The average Bonchev–Trinajstić information content (AvgIpc) is 2.69. The summed E-state index contributed by atoms with van der Waals surface area (Å²) in [4.78, 5) is 0. The molecule has 2 aromatic carbocycles. The Labute approximate surface area is 158 Å². The lowest BCUT2D eigenvalue weighted by Crippen LogP contribution is -1.99. The van der Waals surface area contributed by atoms with E-state index in [2.05, 4.69) is 54.9 Å². The minimum atomic E-state index is 1.03. The molecular weight excluding hydrogens is 312 g/mol. The molecule has 0 heterocycles. The van der Waals surface area contributed by atoms with Gasteiger partial charge in [0.05, 0.1) is 0 Å². The van der Waals surface area contributed by atoms with Gasteiger partial charge in [0.2, 0.25) is 0 Å². The molecule has 26 heavy (non-hydrogen) atoms. The molecule has 0 N–H and O–H groups in total.